The number of ether oxygens (including phenoxy) is 1. The molecule has 23 heavy (non-hydrogen) atoms. The van der Waals surface area contributed by atoms with Gasteiger partial charge in [0, 0.05) is 25.7 Å². The summed E-state index contributed by atoms with van der Waals surface area (Å²) in [5.41, 5.74) is 0.883. The molecule has 1 aromatic carbocycles. The molecule has 0 aliphatic carbocycles. The molecule has 1 aliphatic rings. The van der Waals surface area contributed by atoms with Gasteiger partial charge in [0.2, 0.25) is 0 Å². The standard InChI is InChI=1S/C18H27N3O2/c1-4-15-13-21(10-9-20(15)5-2)16(12-19)14-7-8-17(22)18(11-14)23-6-3/h7-8,11,15-16,22H,4-6,9-10,13H2,1-3H3. The van der Waals surface area contributed by atoms with Crippen LogP contribution in [-0.2, 0) is 0 Å². The SMILES string of the molecule is CCOc1cc(C(C#N)N2CCN(CC)C(CC)C2)ccc1O. The summed E-state index contributed by atoms with van der Waals surface area (Å²) in [6.07, 6.45) is 1.09. The van der Waals surface area contributed by atoms with E-state index >= 15 is 0 Å². The van der Waals surface area contributed by atoms with Crippen LogP contribution in [0.15, 0.2) is 18.2 Å². The number of piperazine rings is 1. The van der Waals surface area contributed by atoms with Crippen molar-refractivity contribution in [3.8, 4) is 17.6 Å². The molecule has 0 aromatic heterocycles. The van der Waals surface area contributed by atoms with Gasteiger partial charge in [0.05, 0.1) is 12.7 Å². The van der Waals surface area contributed by atoms with E-state index in [9.17, 15) is 10.4 Å². The highest BCUT2D eigenvalue weighted by Gasteiger charge is 2.30. The third-order valence-corrected chi connectivity index (χ3v) is 4.60. The lowest BCUT2D eigenvalue weighted by Gasteiger charge is -2.42. The molecular weight excluding hydrogens is 290 g/mol. The fourth-order valence-electron chi connectivity index (χ4n) is 3.29. The van der Waals surface area contributed by atoms with Gasteiger partial charge in [0.1, 0.15) is 6.04 Å². The summed E-state index contributed by atoms with van der Waals surface area (Å²) in [5, 5.41) is 19.5. The van der Waals surface area contributed by atoms with Crippen molar-refractivity contribution in [3.05, 3.63) is 23.8 Å². The quantitative estimate of drug-likeness (QED) is 0.874. The fraction of sp³-hybridized carbons (Fsp3) is 0.611. The molecule has 2 unspecified atom stereocenters. The zero-order chi connectivity index (χ0) is 16.8. The molecule has 0 radical (unpaired) electrons. The molecule has 0 bridgehead atoms. The molecule has 0 saturated carbocycles. The molecule has 2 atom stereocenters. The Kier molecular flexibility index (Phi) is 6.26. The first-order valence-electron chi connectivity index (χ1n) is 8.47. The molecule has 2 rings (SSSR count). The molecule has 1 fully saturated rings. The maximum atomic E-state index is 9.85. The zero-order valence-electron chi connectivity index (χ0n) is 14.3. The molecular formula is C18H27N3O2. The van der Waals surface area contributed by atoms with Crippen LogP contribution < -0.4 is 4.74 Å². The number of rotatable bonds is 6. The second kappa shape index (κ2) is 8.19. The van der Waals surface area contributed by atoms with Crippen LogP contribution in [0.2, 0.25) is 0 Å². The van der Waals surface area contributed by atoms with Crippen molar-refractivity contribution in [1.82, 2.24) is 9.80 Å². The minimum absolute atomic E-state index is 0.120. The maximum absolute atomic E-state index is 9.85. The Morgan fingerprint density at radius 3 is 2.74 bits per heavy atom. The number of nitriles is 1. The van der Waals surface area contributed by atoms with Crippen molar-refractivity contribution in [1.29, 1.82) is 5.26 Å². The monoisotopic (exact) mass is 317 g/mol. The summed E-state index contributed by atoms with van der Waals surface area (Å²) < 4.78 is 5.45. The van der Waals surface area contributed by atoms with Crippen LogP contribution in [0.5, 0.6) is 11.5 Å². The number of likely N-dealkylation sites (N-methyl/N-ethyl adjacent to an activating group) is 1. The first-order valence-corrected chi connectivity index (χ1v) is 8.47. The Hall–Kier alpha value is -1.77. The summed E-state index contributed by atoms with van der Waals surface area (Å²) in [7, 11) is 0. The van der Waals surface area contributed by atoms with Crippen molar-refractivity contribution in [3.63, 3.8) is 0 Å². The summed E-state index contributed by atoms with van der Waals surface area (Å²) in [4.78, 5) is 4.72. The summed E-state index contributed by atoms with van der Waals surface area (Å²) in [5.74, 6) is 0.569. The van der Waals surface area contributed by atoms with Crippen LogP contribution in [-0.4, -0.2) is 53.7 Å². The zero-order valence-corrected chi connectivity index (χ0v) is 14.3. The van der Waals surface area contributed by atoms with Gasteiger partial charge in [-0.2, -0.15) is 5.26 Å². The minimum Gasteiger partial charge on any atom is -0.504 e. The third-order valence-electron chi connectivity index (χ3n) is 4.60. The molecule has 1 aliphatic heterocycles. The molecule has 1 saturated heterocycles. The Bertz CT molecular complexity index is 556. The van der Waals surface area contributed by atoms with E-state index in [0.717, 1.165) is 38.2 Å². The van der Waals surface area contributed by atoms with Gasteiger partial charge in [-0.25, -0.2) is 0 Å². The summed E-state index contributed by atoms with van der Waals surface area (Å²) >= 11 is 0. The van der Waals surface area contributed by atoms with Gasteiger partial charge in [-0.3, -0.25) is 9.80 Å². The Morgan fingerprint density at radius 2 is 2.13 bits per heavy atom. The lowest BCUT2D eigenvalue weighted by atomic mass is 10.0. The molecule has 0 spiro atoms. The van der Waals surface area contributed by atoms with Crippen molar-refractivity contribution in [2.24, 2.45) is 0 Å². The van der Waals surface area contributed by atoms with E-state index in [0.29, 0.717) is 18.4 Å². The average Bonchev–Trinajstić information content (AvgIpc) is 2.58. The van der Waals surface area contributed by atoms with E-state index in [1.165, 1.54) is 0 Å². The predicted molar refractivity (Wildman–Crippen MR) is 90.5 cm³/mol. The van der Waals surface area contributed by atoms with Crippen LogP contribution in [0.3, 0.4) is 0 Å². The first-order chi connectivity index (χ1) is 11.1. The lowest BCUT2D eigenvalue weighted by Crippen LogP contribution is -2.53. The van der Waals surface area contributed by atoms with Gasteiger partial charge in [-0.15, -0.1) is 0 Å². The fourth-order valence-corrected chi connectivity index (χ4v) is 3.29. The van der Waals surface area contributed by atoms with Crippen LogP contribution in [0.4, 0.5) is 0 Å². The van der Waals surface area contributed by atoms with Gasteiger partial charge < -0.3 is 9.84 Å². The Balaban J connectivity index is 2.20. The Labute approximate surface area is 139 Å². The highest BCUT2D eigenvalue weighted by molar-refractivity contribution is 5.44. The molecule has 126 valence electrons. The van der Waals surface area contributed by atoms with E-state index in [1.807, 2.05) is 13.0 Å². The van der Waals surface area contributed by atoms with E-state index in [-0.39, 0.29) is 11.8 Å². The van der Waals surface area contributed by atoms with Crippen LogP contribution in [0, 0.1) is 11.3 Å². The molecule has 1 aromatic rings. The normalized spacial score (nSPS) is 20.9. The third kappa shape index (κ3) is 3.95. The van der Waals surface area contributed by atoms with Gasteiger partial charge >= 0.3 is 0 Å². The number of hydrogen-bond donors (Lipinski definition) is 1. The number of phenolic OH excluding ortho intramolecular Hbond substituents is 1. The molecule has 1 N–H and O–H groups in total. The molecule has 5 heteroatoms. The molecule has 0 amide bonds. The van der Waals surface area contributed by atoms with Crippen LogP contribution >= 0.6 is 0 Å². The van der Waals surface area contributed by atoms with Gasteiger partial charge in [-0.1, -0.05) is 19.9 Å². The number of hydrogen-bond acceptors (Lipinski definition) is 5. The second-order valence-corrected chi connectivity index (χ2v) is 5.88. The lowest BCUT2D eigenvalue weighted by molar-refractivity contribution is 0.0623. The van der Waals surface area contributed by atoms with Crippen molar-refractivity contribution in [2.45, 2.75) is 39.3 Å². The van der Waals surface area contributed by atoms with Gasteiger partial charge in [-0.05, 0) is 37.6 Å². The average molecular weight is 317 g/mol. The van der Waals surface area contributed by atoms with E-state index < -0.39 is 0 Å². The van der Waals surface area contributed by atoms with Crippen LogP contribution in [0.25, 0.3) is 0 Å². The predicted octanol–water partition coefficient (Wildman–Crippen LogP) is 2.77. The molecule has 1 heterocycles. The number of benzene rings is 1. The van der Waals surface area contributed by atoms with Gasteiger partial charge in [0.15, 0.2) is 11.5 Å². The van der Waals surface area contributed by atoms with Crippen molar-refractivity contribution >= 4 is 0 Å². The topological polar surface area (TPSA) is 59.7 Å². The molecule has 5 nitrogen and oxygen atoms in total. The minimum atomic E-state index is -0.303. The Morgan fingerprint density at radius 1 is 1.35 bits per heavy atom. The maximum Gasteiger partial charge on any atom is 0.161 e. The van der Waals surface area contributed by atoms with E-state index in [4.69, 9.17) is 4.74 Å². The largest absolute Gasteiger partial charge is 0.504 e. The van der Waals surface area contributed by atoms with Crippen LogP contribution in [0.1, 0.15) is 38.8 Å². The number of nitrogens with zero attached hydrogens (tertiary/aromatic N) is 3. The first kappa shape index (κ1) is 17.6. The van der Waals surface area contributed by atoms with Gasteiger partial charge in [0.25, 0.3) is 0 Å². The second-order valence-electron chi connectivity index (χ2n) is 5.88. The smallest absolute Gasteiger partial charge is 0.161 e. The summed E-state index contributed by atoms with van der Waals surface area (Å²) in [6.45, 7) is 10.6. The summed E-state index contributed by atoms with van der Waals surface area (Å²) in [6, 6.07) is 7.84. The number of aromatic hydroxyl groups is 1. The van der Waals surface area contributed by atoms with E-state index in [2.05, 4.69) is 29.7 Å². The van der Waals surface area contributed by atoms with E-state index in [1.54, 1.807) is 12.1 Å². The highest BCUT2D eigenvalue weighted by atomic mass is 16.5. The van der Waals surface area contributed by atoms with Crippen molar-refractivity contribution < 1.29 is 9.84 Å². The number of phenols is 1. The highest BCUT2D eigenvalue weighted by Crippen LogP contribution is 2.32. The van der Waals surface area contributed by atoms with Crippen molar-refractivity contribution in [2.75, 3.05) is 32.8 Å².